The molecule has 0 radical (unpaired) electrons. The molecule has 3 unspecified atom stereocenters. The standard InChI is InChI=1S/C37H52O5/c1-6-7-8-27(4)23-29-9-11-30(12-10-29)31-13-15-32(16-14-31)33-17-19-34(20-18-33)35(25-42-36(39)26(2)3)21-22-41-37(40)28(5)24-38/h13-20,27-30,35,38H,2,6-12,21-25H2,1,3-5H3. The number of rotatable bonds is 16. The zero-order valence-electron chi connectivity index (χ0n) is 26.3. The third-order valence-electron chi connectivity index (χ3n) is 8.88. The molecule has 1 N–H and O–H groups in total. The largest absolute Gasteiger partial charge is 0.465 e. The van der Waals surface area contributed by atoms with Crippen LogP contribution in [0, 0.1) is 17.8 Å². The van der Waals surface area contributed by atoms with Gasteiger partial charge < -0.3 is 14.6 Å². The summed E-state index contributed by atoms with van der Waals surface area (Å²) in [5.74, 6) is 0.867. The van der Waals surface area contributed by atoms with E-state index in [1.165, 1.54) is 62.5 Å². The first-order valence-corrected chi connectivity index (χ1v) is 16.0. The second kappa shape index (κ2) is 17.3. The highest BCUT2D eigenvalue weighted by atomic mass is 16.5. The number of carbonyl (C=O) groups excluding carboxylic acids is 2. The average Bonchev–Trinajstić information content (AvgIpc) is 3.01. The van der Waals surface area contributed by atoms with Crippen molar-refractivity contribution in [1.82, 2.24) is 0 Å². The molecule has 0 aromatic heterocycles. The topological polar surface area (TPSA) is 72.8 Å². The highest BCUT2D eigenvalue weighted by Gasteiger charge is 2.24. The van der Waals surface area contributed by atoms with Crippen molar-refractivity contribution in [3.63, 3.8) is 0 Å². The summed E-state index contributed by atoms with van der Waals surface area (Å²) in [5, 5.41) is 9.18. The predicted octanol–water partition coefficient (Wildman–Crippen LogP) is 8.61. The van der Waals surface area contributed by atoms with Gasteiger partial charge in [-0.15, -0.1) is 0 Å². The van der Waals surface area contributed by atoms with Gasteiger partial charge in [0.25, 0.3) is 0 Å². The smallest absolute Gasteiger partial charge is 0.333 e. The number of aliphatic hydroxyl groups excluding tert-OH is 1. The first-order valence-electron chi connectivity index (χ1n) is 16.0. The van der Waals surface area contributed by atoms with Crippen LogP contribution in [0.5, 0.6) is 0 Å². The van der Waals surface area contributed by atoms with Crippen LogP contribution in [0.4, 0.5) is 0 Å². The Morgan fingerprint density at radius 2 is 1.55 bits per heavy atom. The third-order valence-corrected chi connectivity index (χ3v) is 8.88. The number of hydrogen-bond donors (Lipinski definition) is 1. The molecule has 3 rings (SSSR count). The molecule has 1 saturated carbocycles. The Morgan fingerprint density at radius 3 is 2.12 bits per heavy atom. The lowest BCUT2D eigenvalue weighted by molar-refractivity contribution is -0.150. The first kappa shape index (κ1) is 33.6. The number of esters is 2. The average molecular weight is 577 g/mol. The van der Waals surface area contributed by atoms with E-state index in [-0.39, 0.29) is 25.7 Å². The molecule has 0 aliphatic heterocycles. The number of aliphatic hydroxyl groups is 1. The van der Waals surface area contributed by atoms with Crippen molar-refractivity contribution in [2.45, 2.75) is 97.3 Å². The number of ether oxygens (including phenoxy) is 2. The van der Waals surface area contributed by atoms with Gasteiger partial charge in [0.2, 0.25) is 0 Å². The monoisotopic (exact) mass is 576 g/mol. The Bertz CT molecular complexity index is 1110. The quantitative estimate of drug-likeness (QED) is 0.160. The van der Waals surface area contributed by atoms with E-state index in [0.717, 1.165) is 23.0 Å². The summed E-state index contributed by atoms with van der Waals surface area (Å²) >= 11 is 0. The van der Waals surface area contributed by atoms with E-state index >= 15 is 0 Å². The Morgan fingerprint density at radius 1 is 0.929 bits per heavy atom. The number of benzene rings is 2. The molecule has 0 amide bonds. The summed E-state index contributed by atoms with van der Waals surface area (Å²) in [5.41, 5.74) is 5.13. The van der Waals surface area contributed by atoms with Crippen molar-refractivity contribution in [3.05, 3.63) is 71.8 Å². The maximum absolute atomic E-state index is 12.0. The van der Waals surface area contributed by atoms with E-state index in [2.05, 4.69) is 69.0 Å². The second-order valence-electron chi connectivity index (χ2n) is 12.6. The molecule has 5 nitrogen and oxygen atoms in total. The zero-order valence-corrected chi connectivity index (χ0v) is 26.3. The molecule has 3 atom stereocenters. The molecule has 1 fully saturated rings. The molecule has 0 heterocycles. The van der Waals surface area contributed by atoms with Crippen LogP contribution in [0.3, 0.4) is 0 Å². The van der Waals surface area contributed by atoms with E-state index in [9.17, 15) is 14.7 Å². The van der Waals surface area contributed by atoms with Crippen LogP contribution < -0.4 is 0 Å². The maximum Gasteiger partial charge on any atom is 0.333 e. The van der Waals surface area contributed by atoms with Gasteiger partial charge in [-0.25, -0.2) is 4.79 Å². The highest BCUT2D eigenvalue weighted by Crippen LogP contribution is 2.39. The minimum absolute atomic E-state index is 0.133. The second-order valence-corrected chi connectivity index (χ2v) is 12.6. The van der Waals surface area contributed by atoms with Gasteiger partial charge >= 0.3 is 11.9 Å². The summed E-state index contributed by atoms with van der Waals surface area (Å²) in [6, 6.07) is 17.4. The molecule has 42 heavy (non-hydrogen) atoms. The number of carbonyl (C=O) groups is 2. The van der Waals surface area contributed by atoms with Crippen LogP contribution in [0.15, 0.2) is 60.7 Å². The van der Waals surface area contributed by atoms with Gasteiger partial charge in [0.05, 0.1) is 25.7 Å². The molecule has 2 aromatic carbocycles. The molecule has 0 saturated heterocycles. The fourth-order valence-electron chi connectivity index (χ4n) is 6.03. The van der Waals surface area contributed by atoms with E-state index in [1.54, 1.807) is 13.8 Å². The van der Waals surface area contributed by atoms with Gasteiger partial charge in [0.15, 0.2) is 0 Å². The molecule has 1 aliphatic rings. The van der Waals surface area contributed by atoms with Crippen molar-refractivity contribution in [3.8, 4) is 11.1 Å². The van der Waals surface area contributed by atoms with Crippen LogP contribution in [-0.2, 0) is 19.1 Å². The normalized spacial score (nSPS) is 19.0. The number of unbranched alkanes of at least 4 members (excludes halogenated alkanes) is 1. The van der Waals surface area contributed by atoms with Gasteiger partial charge in [-0.2, -0.15) is 0 Å². The maximum atomic E-state index is 12.0. The molecule has 1 aliphatic carbocycles. The lowest BCUT2D eigenvalue weighted by atomic mass is 9.75. The third kappa shape index (κ3) is 10.4. The lowest BCUT2D eigenvalue weighted by Crippen LogP contribution is -2.20. The SMILES string of the molecule is C=C(C)C(=O)OCC(CCOC(=O)C(C)CO)c1ccc(-c2ccc(C3CCC(CC(C)CCCC)CC3)cc2)cc1. The minimum atomic E-state index is -0.561. The zero-order chi connectivity index (χ0) is 30.5. The molecular weight excluding hydrogens is 524 g/mol. The van der Waals surface area contributed by atoms with E-state index in [1.807, 2.05) is 0 Å². The van der Waals surface area contributed by atoms with Crippen LogP contribution >= 0.6 is 0 Å². The number of hydrogen-bond acceptors (Lipinski definition) is 5. The molecule has 2 aromatic rings. The van der Waals surface area contributed by atoms with E-state index < -0.39 is 17.9 Å². The summed E-state index contributed by atoms with van der Waals surface area (Å²) in [6.45, 7) is 11.7. The molecule has 230 valence electrons. The Balaban J connectivity index is 1.59. The Kier molecular flexibility index (Phi) is 13.8. The summed E-state index contributed by atoms with van der Waals surface area (Å²) in [4.78, 5) is 24.0. The first-order chi connectivity index (χ1) is 20.2. The van der Waals surface area contributed by atoms with E-state index in [0.29, 0.717) is 17.9 Å². The van der Waals surface area contributed by atoms with E-state index in [4.69, 9.17) is 9.47 Å². The summed E-state index contributed by atoms with van der Waals surface area (Å²) in [6.07, 6.45) is 11.2. The molecular formula is C37H52O5. The fraction of sp³-hybridized carbons (Fsp3) is 0.568. The van der Waals surface area contributed by atoms with Crippen LogP contribution in [0.2, 0.25) is 0 Å². The van der Waals surface area contributed by atoms with Crippen molar-refractivity contribution >= 4 is 11.9 Å². The van der Waals surface area contributed by atoms with Crippen molar-refractivity contribution in [2.75, 3.05) is 19.8 Å². The van der Waals surface area contributed by atoms with Crippen molar-refractivity contribution in [2.24, 2.45) is 17.8 Å². The minimum Gasteiger partial charge on any atom is -0.465 e. The molecule has 0 bridgehead atoms. The van der Waals surface area contributed by atoms with Gasteiger partial charge in [-0.05, 0) is 92.4 Å². The summed E-state index contributed by atoms with van der Waals surface area (Å²) < 4.78 is 10.8. The highest BCUT2D eigenvalue weighted by molar-refractivity contribution is 5.86. The molecule has 5 heteroatoms. The van der Waals surface area contributed by atoms with Gasteiger partial charge in [-0.1, -0.05) is 88.2 Å². The van der Waals surface area contributed by atoms with Crippen LogP contribution in [-0.4, -0.2) is 36.9 Å². The Hall–Kier alpha value is -2.92. The van der Waals surface area contributed by atoms with Crippen LogP contribution in [0.1, 0.15) is 108 Å². The fourth-order valence-corrected chi connectivity index (χ4v) is 6.03. The summed E-state index contributed by atoms with van der Waals surface area (Å²) in [7, 11) is 0. The van der Waals surface area contributed by atoms with Crippen molar-refractivity contribution in [1.29, 1.82) is 0 Å². The van der Waals surface area contributed by atoms with Gasteiger partial charge in [0.1, 0.15) is 0 Å². The van der Waals surface area contributed by atoms with Crippen LogP contribution in [0.25, 0.3) is 11.1 Å². The Labute approximate surface area is 253 Å². The van der Waals surface area contributed by atoms with Crippen molar-refractivity contribution < 1.29 is 24.2 Å². The van der Waals surface area contributed by atoms with Gasteiger partial charge in [0, 0.05) is 11.5 Å². The lowest BCUT2D eigenvalue weighted by Gasteiger charge is -2.30. The van der Waals surface area contributed by atoms with Gasteiger partial charge in [-0.3, -0.25) is 4.79 Å². The predicted molar refractivity (Wildman–Crippen MR) is 170 cm³/mol. The molecule has 0 spiro atoms.